The number of benzene rings is 2. The fourth-order valence-corrected chi connectivity index (χ4v) is 4.15. The molecule has 0 aliphatic heterocycles. The van der Waals surface area contributed by atoms with E-state index in [0.29, 0.717) is 37.4 Å². The minimum Gasteiger partial charge on any atom is -0.356 e. The molecule has 3 rings (SSSR count). The molecule has 1 aromatic heterocycles. The van der Waals surface area contributed by atoms with Crippen LogP contribution in [-0.2, 0) is 27.1 Å². The quantitative estimate of drug-likeness (QED) is 0.214. The minimum absolute atomic E-state index is 0.0314. The number of pyridine rings is 1. The van der Waals surface area contributed by atoms with Crippen LogP contribution >= 0.6 is 0 Å². The molecular formula is C27H36F3N7O3+4. The number of nitrogens with one attached hydrogen (secondary N) is 2. The number of hydrogen-bond acceptors (Lipinski definition) is 3. The third-order valence-corrected chi connectivity index (χ3v) is 6.29. The molecule has 1 heterocycles. The highest BCUT2D eigenvalue weighted by molar-refractivity contribution is 5.98. The van der Waals surface area contributed by atoms with E-state index in [1.165, 1.54) is 17.0 Å². The molecule has 2 aromatic carbocycles. The number of para-hydroxylation sites is 1. The number of anilines is 1. The second kappa shape index (κ2) is 13.8. The summed E-state index contributed by atoms with van der Waals surface area (Å²) in [6.07, 6.45) is -2.99. The van der Waals surface area contributed by atoms with Gasteiger partial charge in [-0.1, -0.05) is 24.3 Å². The van der Waals surface area contributed by atoms with Gasteiger partial charge in [0.1, 0.15) is 5.69 Å². The van der Waals surface area contributed by atoms with E-state index in [1.807, 2.05) is 24.3 Å². The first-order valence-corrected chi connectivity index (χ1v) is 12.9. The zero-order valence-corrected chi connectivity index (χ0v) is 22.2. The highest BCUT2D eigenvalue weighted by Gasteiger charge is 2.30. The van der Waals surface area contributed by atoms with Crippen molar-refractivity contribution in [1.82, 2.24) is 10.2 Å². The summed E-state index contributed by atoms with van der Waals surface area (Å²) in [5.74, 6) is -1.30. The predicted octanol–water partition coefficient (Wildman–Crippen LogP) is -1.36. The Kier molecular flexibility index (Phi) is 10.5. The Bertz CT molecular complexity index is 1310. The number of alkyl halides is 3. The lowest BCUT2D eigenvalue weighted by Gasteiger charge is -2.23. The fourth-order valence-electron chi connectivity index (χ4n) is 4.15. The largest absolute Gasteiger partial charge is 0.416 e. The van der Waals surface area contributed by atoms with E-state index in [9.17, 15) is 27.6 Å². The van der Waals surface area contributed by atoms with Gasteiger partial charge in [-0.2, -0.15) is 13.2 Å². The number of carbonyl (C=O) groups is 3. The van der Waals surface area contributed by atoms with Gasteiger partial charge in [-0.25, -0.2) is 4.98 Å². The van der Waals surface area contributed by atoms with Gasteiger partial charge < -0.3 is 32.3 Å². The molecule has 1 atom stereocenters. The van der Waals surface area contributed by atoms with Crippen LogP contribution < -0.4 is 32.4 Å². The average molecular weight is 564 g/mol. The summed E-state index contributed by atoms with van der Waals surface area (Å²) < 4.78 is 39.1. The summed E-state index contributed by atoms with van der Waals surface area (Å²) in [6, 6.07) is 12.8. The van der Waals surface area contributed by atoms with Gasteiger partial charge in [-0.05, 0) is 29.8 Å². The molecule has 0 bridgehead atoms. The first-order valence-electron chi connectivity index (χ1n) is 12.9. The lowest BCUT2D eigenvalue weighted by Crippen LogP contribution is -2.69. The van der Waals surface area contributed by atoms with E-state index in [2.05, 4.69) is 27.5 Å². The Hall–Kier alpha value is -4.07. The van der Waals surface area contributed by atoms with Crippen molar-refractivity contribution in [2.45, 2.75) is 25.2 Å². The Balaban J connectivity index is 1.75. The summed E-state index contributed by atoms with van der Waals surface area (Å²) in [5, 5.41) is 3.36. The van der Waals surface area contributed by atoms with Crippen LogP contribution in [0.5, 0.6) is 0 Å². The summed E-state index contributed by atoms with van der Waals surface area (Å²) in [4.78, 5) is 44.7. The van der Waals surface area contributed by atoms with Gasteiger partial charge >= 0.3 is 6.18 Å². The molecule has 13 heteroatoms. The number of amides is 3. The van der Waals surface area contributed by atoms with Crippen LogP contribution in [-0.4, -0.2) is 61.4 Å². The number of fused-ring (bicyclic) bond motifs is 1. The lowest BCUT2D eigenvalue weighted by atomic mass is 10.1. The SMILES string of the molecule is [NH3+]CCN(CC[NH3+])C(=O)C[C@H]([NH3+])C(=O)NCC(=O)N(Cc1ccc(C(F)(F)F)cc1)c1c[nH+]c2ccccc2c1. The van der Waals surface area contributed by atoms with Crippen LogP contribution in [0.3, 0.4) is 0 Å². The molecule has 40 heavy (non-hydrogen) atoms. The maximum atomic E-state index is 13.3. The molecule has 0 fully saturated rings. The zero-order valence-electron chi connectivity index (χ0n) is 22.2. The molecule has 3 aromatic rings. The van der Waals surface area contributed by atoms with Gasteiger partial charge in [0.25, 0.3) is 5.91 Å². The van der Waals surface area contributed by atoms with Gasteiger partial charge in [-0.15, -0.1) is 0 Å². The van der Waals surface area contributed by atoms with Crippen molar-refractivity contribution in [2.75, 3.05) is 37.6 Å². The van der Waals surface area contributed by atoms with Crippen molar-refractivity contribution >= 4 is 34.3 Å². The van der Waals surface area contributed by atoms with Gasteiger partial charge in [-0.3, -0.25) is 14.4 Å². The standard InChI is InChI=1S/C27H32F3N7O3/c28-27(29,30)20-7-5-18(6-8-20)17-37(21-13-19-3-1-2-4-23(19)34-15-21)25(39)16-35-26(40)22(33)14-24(38)36(11-9-31)12-10-32/h1-8,13,15,22H,9-12,14,16-17,31-33H2,(H,35,40)/p+4/t22-/m0/s1. The van der Waals surface area contributed by atoms with Crippen molar-refractivity contribution in [2.24, 2.45) is 0 Å². The van der Waals surface area contributed by atoms with Crippen LogP contribution in [0.4, 0.5) is 18.9 Å². The summed E-state index contributed by atoms with van der Waals surface area (Å²) >= 11 is 0. The molecule has 0 spiro atoms. The van der Waals surface area contributed by atoms with Crippen LogP contribution in [0.2, 0.25) is 0 Å². The Morgan fingerprint density at radius 3 is 2.23 bits per heavy atom. The van der Waals surface area contributed by atoms with E-state index >= 15 is 0 Å². The first kappa shape index (κ1) is 30.5. The van der Waals surface area contributed by atoms with Gasteiger partial charge in [0.05, 0.1) is 51.3 Å². The summed E-state index contributed by atoms with van der Waals surface area (Å²) in [5.41, 5.74) is 12.3. The highest BCUT2D eigenvalue weighted by atomic mass is 19.4. The van der Waals surface area contributed by atoms with Gasteiger partial charge in [0.15, 0.2) is 12.2 Å². The first-order chi connectivity index (χ1) is 19.0. The number of H-pyrrole nitrogens is 1. The maximum Gasteiger partial charge on any atom is 0.416 e. The van der Waals surface area contributed by atoms with Gasteiger partial charge in [0, 0.05) is 11.5 Å². The normalized spacial score (nSPS) is 12.2. The average Bonchev–Trinajstić information content (AvgIpc) is 2.93. The maximum absolute atomic E-state index is 13.3. The van der Waals surface area contributed by atoms with Crippen LogP contribution in [0.15, 0.2) is 60.8 Å². The molecular weight excluding hydrogens is 527 g/mol. The van der Waals surface area contributed by atoms with Crippen molar-refractivity contribution < 1.29 is 49.7 Å². The molecule has 0 saturated heterocycles. The van der Waals surface area contributed by atoms with E-state index in [4.69, 9.17) is 0 Å². The van der Waals surface area contributed by atoms with Crippen LogP contribution in [0, 0.1) is 0 Å². The van der Waals surface area contributed by atoms with Crippen LogP contribution in [0.1, 0.15) is 17.5 Å². The Morgan fingerprint density at radius 1 is 0.950 bits per heavy atom. The summed E-state index contributed by atoms with van der Waals surface area (Å²) in [6.45, 7) is 1.51. The number of aromatic amines is 1. The molecule has 0 aliphatic rings. The van der Waals surface area contributed by atoms with E-state index in [0.717, 1.165) is 23.0 Å². The number of rotatable bonds is 12. The third-order valence-electron chi connectivity index (χ3n) is 6.29. The number of hydrogen-bond donors (Lipinski definition) is 4. The van der Waals surface area contributed by atoms with E-state index in [-0.39, 0.29) is 18.9 Å². The van der Waals surface area contributed by atoms with Crippen molar-refractivity contribution in [1.29, 1.82) is 0 Å². The number of aromatic nitrogens is 1. The zero-order chi connectivity index (χ0) is 29.3. The fraction of sp³-hybridized carbons (Fsp3) is 0.333. The monoisotopic (exact) mass is 563 g/mol. The van der Waals surface area contributed by atoms with Gasteiger partial charge in [0.2, 0.25) is 17.3 Å². The second-order valence-corrected chi connectivity index (χ2v) is 9.33. The number of nitrogens with zero attached hydrogens (tertiary/aromatic N) is 2. The smallest absolute Gasteiger partial charge is 0.356 e. The predicted molar refractivity (Wildman–Crippen MR) is 140 cm³/mol. The molecule has 3 amide bonds. The number of carbonyl (C=O) groups excluding carboxylic acids is 3. The highest BCUT2D eigenvalue weighted by Crippen LogP contribution is 2.29. The van der Waals surface area contributed by atoms with Crippen molar-refractivity contribution in [3.05, 3.63) is 71.9 Å². The van der Waals surface area contributed by atoms with E-state index in [1.54, 1.807) is 17.2 Å². The summed E-state index contributed by atoms with van der Waals surface area (Å²) in [7, 11) is 0. The molecule has 0 saturated carbocycles. The third kappa shape index (κ3) is 8.21. The molecule has 0 unspecified atom stereocenters. The lowest BCUT2D eigenvalue weighted by molar-refractivity contribution is -0.403. The molecule has 11 N–H and O–H groups in total. The molecule has 10 nitrogen and oxygen atoms in total. The Morgan fingerprint density at radius 2 is 1.60 bits per heavy atom. The number of quaternary nitrogens is 3. The van der Waals surface area contributed by atoms with Crippen molar-refractivity contribution in [3.8, 4) is 0 Å². The topological polar surface area (TPSA) is 167 Å². The van der Waals surface area contributed by atoms with Crippen molar-refractivity contribution in [3.63, 3.8) is 0 Å². The molecule has 0 radical (unpaired) electrons. The Labute approximate surface area is 229 Å². The van der Waals surface area contributed by atoms with E-state index < -0.39 is 36.1 Å². The second-order valence-electron chi connectivity index (χ2n) is 9.33. The minimum atomic E-state index is -4.48. The number of halogens is 3. The van der Waals surface area contributed by atoms with Crippen LogP contribution in [0.25, 0.3) is 10.9 Å². The molecule has 214 valence electrons. The molecule has 0 aliphatic carbocycles.